The van der Waals surface area contributed by atoms with Gasteiger partial charge in [0.25, 0.3) is 0 Å². The smallest absolute Gasteiger partial charge is 0.334 e. The van der Waals surface area contributed by atoms with E-state index < -0.39 is 13.6 Å². The zero-order valence-corrected chi connectivity index (χ0v) is 12.0. The number of halogens is 1. The molecule has 0 amide bonds. The first kappa shape index (κ1) is 15.2. The Bertz CT molecular complexity index is 480. The van der Waals surface area contributed by atoms with E-state index in [0.29, 0.717) is 16.3 Å². The summed E-state index contributed by atoms with van der Waals surface area (Å²) in [6.07, 6.45) is -0.0246. The monoisotopic (exact) mass is 292 g/mol. The van der Waals surface area contributed by atoms with Gasteiger partial charge < -0.3 is 13.8 Å². The van der Waals surface area contributed by atoms with Gasteiger partial charge in [-0.25, -0.2) is 0 Å². The Morgan fingerprint density at radius 2 is 1.94 bits per heavy atom. The second-order valence-corrected chi connectivity index (χ2v) is 6.18. The molecule has 0 aliphatic rings. The lowest BCUT2D eigenvalue weighted by Crippen LogP contribution is -2.05. The summed E-state index contributed by atoms with van der Waals surface area (Å²) in [7, 11) is -0.659. The Morgan fingerprint density at radius 3 is 2.44 bits per heavy atom. The Morgan fingerprint density at radius 1 is 1.33 bits per heavy atom. The Kier molecular flexibility index (Phi) is 5.35. The van der Waals surface area contributed by atoms with Crippen molar-refractivity contribution in [3.63, 3.8) is 0 Å². The minimum atomic E-state index is -3.24. The second-order valence-electron chi connectivity index (χ2n) is 3.48. The van der Waals surface area contributed by atoms with Gasteiger partial charge in [0.2, 0.25) is 0 Å². The van der Waals surface area contributed by atoms with Gasteiger partial charge in [0.1, 0.15) is 5.75 Å². The molecule has 0 spiro atoms. The van der Waals surface area contributed by atoms with Crippen LogP contribution in [0.2, 0.25) is 5.02 Å². The quantitative estimate of drug-likeness (QED) is 0.473. The largest absolute Gasteiger partial charge is 0.426 e. The van der Waals surface area contributed by atoms with Gasteiger partial charge in [-0.05, 0) is 18.2 Å². The molecule has 7 heteroatoms. The van der Waals surface area contributed by atoms with Gasteiger partial charge in [-0.15, -0.1) is 0 Å². The van der Waals surface area contributed by atoms with Crippen molar-refractivity contribution in [2.75, 3.05) is 14.2 Å². The summed E-state index contributed by atoms with van der Waals surface area (Å²) in [6, 6.07) is 4.67. The standard InChI is InChI=1S/C11H14ClO5P/c1-8(13)17-11-5-4-10(12)6-9(11)7-18(14,15-2)16-3/h4-6H,7H2,1-3H3. The van der Waals surface area contributed by atoms with Crippen LogP contribution in [0, 0.1) is 0 Å². The Balaban J connectivity index is 3.09. The summed E-state index contributed by atoms with van der Waals surface area (Å²) >= 11 is 5.86. The zero-order chi connectivity index (χ0) is 13.8. The van der Waals surface area contributed by atoms with Crippen molar-refractivity contribution in [3.8, 4) is 5.75 Å². The number of rotatable bonds is 5. The summed E-state index contributed by atoms with van der Waals surface area (Å²) in [5, 5.41) is 0.444. The number of ether oxygens (including phenoxy) is 1. The maximum absolute atomic E-state index is 12.0. The van der Waals surface area contributed by atoms with Crippen molar-refractivity contribution in [1.29, 1.82) is 0 Å². The fraction of sp³-hybridized carbons (Fsp3) is 0.364. The van der Waals surface area contributed by atoms with Crippen LogP contribution >= 0.6 is 19.2 Å². The summed E-state index contributed by atoms with van der Waals surface area (Å²) in [6.45, 7) is 1.28. The summed E-state index contributed by atoms with van der Waals surface area (Å²) in [5.41, 5.74) is 0.490. The number of carbonyl (C=O) groups excluding carboxylic acids is 1. The number of hydrogen-bond donors (Lipinski definition) is 0. The van der Waals surface area contributed by atoms with Gasteiger partial charge in [-0.2, -0.15) is 0 Å². The molecule has 18 heavy (non-hydrogen) atoms. The number of carbonyl (C=O) groups is 1. The number of esters is 1. The SMILES string of the molecule is COP(=O)(Cc1cc(Cl)ccc1OC(C)=O)OC. The van der Waals surface area contributed by atoms with Crippen molar-refractivity contribution in [2.45, 2.75) is 13.1 Å². The topological polar surface area (TPSA) is 61.8 Å². The lowest BCUT2D eigenvalue weighted by atomic mass is 10.2. The van der Waals surface area contributed by atoms with Crippen LogP contribution in [-0.2, 0) is 24.6 Å². The first-order valence-electron chi connectivity index (χ1n) is 5.07. The molecule has 0 heterocycles. The first-order valence-corrected chi connectivity index (χ1v) is 7.18. The molecule has 0 bridgehead atoms. The van der Waals surface area contributed by atoms with Gasteiger partial charge in [0.05, 0.1) is 6.16 Å². The molecular formula is C11H14ClO5P. The fourth-order valence-corrected chi connectivity index (χ4v) is 2.60. The maximum Gasteiger partial charge on any atom is 0.334 e. The predicted molar refractivity (Wildman–Crippen MR) is 68.1 cm³/mol. The Hall–Kier alpha value is -0.870. The molecule has 0 saturated carbocycles. The van der Waals surface area contributed by atoms with Crippen molar-refractivity contribution < 1.29 is 23.1 Å². The third-order valence-electron chi connectivity index (χ3n) is 2.20. The van der Waals surface area contributed by atoms with E-state index in [1.165, 1.54) is 27.2 Å². The molecule has 0 N–H and O–H groups in total. The first-order chi connectivity index (χ1) is 8.40. The molecule has 0 radical (unpaired) electrons. The van der Waals surface area contributed by atoms with E-state index in [1.807, 2.05) is 0 Å². The fourth-order valence-electron chi connectivity index (χ4n) is 1.34. The molecule has 0 atom stereocenters. The van der Waals surface area contributed by atoms with Crippen LogP contribution in [0.5, 0.6) is 5.75 Å². The molecule has 100 valence electrons. The minimum Gasteiger partial charge on any atom is -0.426 e. The highest BCUT2D eigenvalue weighted by atomic mass is 35.5. The van der Waals surface area contributed by atoms with E-state index in [9.17, 15) is 9.36 Å². The lowest BCUT2D eigenvalue weighted by molar-refractivity contribution is -0.131. The maximum atomic E-state index is 12.0. The van der Waals surface area contributed by atoms with E-state index in [2.05, 4.69) is 0 Å². The molecule has 1 aromatic carbocycles. The average molecular weight is 293 g/mol. The highest BCUT2D eigenvalue weighted by Crippen LogP contribution is 2.51. The summed E-state index contributed by atoms with van der Waals surface area (Å²) < 4.78 is 26.7. The highest BCUT2D eigenvalue weighted by Gasteiger charge is 2.24. The van der Waals surface area contributed by atoms with Crippen LogP contribution in [0.25, 0.3) is 0 Å². The van der Waals surface area contributed by atoms with E-state index in [1.54, 1.807) is 12.1 Å². The highest BCUT2D eigenvalue weighted by molar-refractivity contribution is 7.52. The van der Waals surface area contributed by atoms with Crippen LogP contribution in [0.3, 0.4) is 0 Å². The van der Waals surface area contributed by atoms with Crippen molar-refractivity contribution in [2.24, 2.45) is 0 Å². The predicted octanol–water partition coefficient (Wildman–Crippen LogP) is 3.25. The molecule has 5 nitrogen and oxygen atoms in total. The normalized spacial score (nSPS) is 11.3. The van der Waals surface area contributed by atoms with Crippen molar-refractivity contribution in [3.05, 3.63) is 28.8 Å². The van der Waals surface area contributed by atoms with Gasteiger partial charge >= 0.3 is 13.6 Å². The van der Waals surface area contributed by atoms with Gasteiger partial charge in [-0.1, -0.05) is 11.6 Å². The van der Waals surface area contributed by atoms with Crippen LogP contribution in [0.15, 0.2) is 18.2 Å². The number of benzene rings is 1. The van der Waals surface area contributed by atoms with Crippen LogP contribution in [-0.4, -0.2) is 20.2 Å². The van der Waals surface area contributed by atoms with Gasteiger partial charge in [0.15, 0.2) is 0 Å². The number of hydrogen-bond acceptors (Lipinski definition) is 5. The summed E-state index contributed by atoms with van der Waals surface area (Å²) in [4.78, 5) is 11.0. The molecule has 1 aromatic rings. The zero-order valence-electron chi connectivity index (χ0n) is 10.3. The minimum absolute atomic E-state index is 0.0246. The van der Waals surface area contributed by atoms with Crippen LogP contribution < -0.4 is 4.74 Å². The van der Waals surface area contributed by atoms with E-state index in [4.69, 9.17) is 25.4 Å². The molecule has 1 rings (SSSR count). The van der Waals surface area contributed by atoms with Crippen molar-refractivity contribution in [1.82, 2.24) is 0 Å². The lowest BCUT2D eigenvalue weighted by Gasteiger charge is -2.15. The molecule has 0 aromatic heterocycles. The molecule has 0 aliphatic heterocycles. The summed E-state index contributed by atoms with van der Waals surface area (Å²) in [5.74, 6) is -0.176. The molecule has 0 saturated heterocycles. The van der Waals surface area contributed by atoms with E-state index in [0.717, 1.165) is 0 Å². The molecular weight excluding hydrogens is 279 g/mol. The van der Waals surface area contributed by atoms with E-state index in [-0.39, 0.29) is 6.16 Å². The van der Waals surface area contributed by atoms with Crippen molar-refractivity contribution >= 4 is 25.2 Å². The third-order valence-corrected chi connectivity index (χ3v) is 4.27. The molecule has 0 fully saturated rings. The third kappa shape index (κ3) is 4.10. The van der Waals surface area contributed by atoms with Crippen LogP contribution in [0.1, 0.15) is 12.5 Å². The second kappa shape index (κ2) is 6.34. The van der Waals surface area contributed by atoms with Crippen LogP contribution in [0.4, 0.5) is 0 Å². The average Bonchev–Trinajstić information content (AvgIpc) is 2.32. The van der Waals surface area contributed by atoms with E-state index >= 15 is 0 Å². The van der Waals surface area contributed by atoms with Gasteiger partial charge in [0, 0.05) is 31.7 Å². The van der Waals surface area contributed by atoms with Gasteiger partial charge in [-0.3, -0.25) is 9.36 Å². The molecule has 0 aliphatic carbocycles. The molecule has 0 unspecified atom stereocenters. The Labute approximate surface area is 111 Å².